The molecule has 1 saturated heterocycles. The van der Waals surface area contributed by atoms with Gasteiger partial charge in [0.25, 0.3) is 0 Å². The SMILES string of the molecule is CCCCCCOC(=O)CCN1CCOCC1. The molecule has 4 nitrogen and oxygen atoms in total. The van der Waals surface area contributed by atoms with Crippen LogP contribution in [0.15, 0.2) is 0 Å². The highest BCUT2D eigenvalue weighted by Gasteiger charge is 2.12. The Morgan fingerprint density at radius 1 is 1.24 bits per heavy atom. The predicted octanol–water partition coefficient (Wildman–Crippen LogP) is 1.83. The third-order valence-corrected chi connectivity index (χ3v) is 3.00. The van der Waals surface area contributed by atoms with Crippen LogP contribution in [0.3, 0.4) is 0 Å². The summed E-state index contributed by atoms with van der Waals surface area (Å²) in [5.74, 6) is -0.0620. The number of carbonyl (C=O) groups is 1. The molecule has 1 fully saturated rings. The van der Waals surface area contributed by atoms with Gasteiger partial charge in [0.15, 0.2) is 0 Å². The van der Waals surface area contributed by atoms with Gasteiger partial charge in [-0.1, -0.05) is 26.2 Å². The molecule has 0 saturated carbocycles. The first-order valence-electron chi connectivity index (χ1n) is 6.78. The van der Waals surface area contributed by atoms with E-state index in [4.69, 9.17) is 9.47 Å². The highest BCUT2D eigenvalue weighted by molar-refractivity contribution is 5.69. The van der Waals surface area contributed by atoms with Gasteiger partial charge in [0, 0.05) is 19.6 Å². The Labute approximate surface area is 104 Å². The maximum atomic E-state index is 11.4. The summed E-state index contributed by atoms with van der Waals surface area (Å²) in [6.07, 6.45) is 5.11. The molecule has 0 aromatic carbocycles. The van der Waals surface area contributed by atoms with Gasteiger partial charge >= 0.3 is 5.97 Å². The van der Waals surface area contributed by atoms with Crippen LogP contribution in [0, 0.1) is 0 Å². The van der Waals surface area contributed by atoms with Gasteiger partial charge in [-0.25, -0.2) is 0 Å². The summed E-state index contributed by atoms with van der Waals surface area (Å²) < 4.78 is 10.4. The second-order valence-corrected chi connectivity index (χ2v) is 4.49. The van der Waals surface area contributed by atoms with Crippen LogP contribution in [-0.4, -0.2) is 50.3 Å². The monoisotopic (exact) mass is 243 g/mol. The van der Waals surface area contributed by atoms with Crippen molar-refractivity contribution in [2.24, 2.45) is 0 Å². The summed E-state index contributed by atoms with van der Waals surface area (Å²) in [5, 5.41) is 0. The van der Waals surface area contributed by atoms with Gasteiger partial charge < -0.3 is 9.47 Å². The van der Waals surface area contributed by atoms with Crippen LogP contribution in [-0.2, 0) is 14.3 Å². The van der Waals surface area contributed by atoms with Crippen LogP contribution in [0.25, 0.3) is 0 Å². The van der Waals surface area contributed by atoms with Crippen LogP contribution < -0.4 is 0 Å². The number of morpholine rings is 1. The quantitative estimate of drug-likeness (QED) is 0.481. The van der Waals surface area contributed by atoms with Crippen LogP contribution in [0.2, 0.25) is 0 Å². The Balaban J connectivity index is 1.93. The van der Waals surface area contributed by atoms with Gasteiger partial charge in [0.2, 0.25) is 0 Å². The average molecular weight is 243 g/mol. The molecule has 0 aliphatic carbocycles. The van der Waals surface area contributed by atoms with E-state index in [-0.39, 0.29) is 5.97 Å². The second kappa shape index (κ2) is 9.42. The van der Waals surface area contributed by atoms with E-state index in [9.17, 15) is 4.79 Å². The van der Waals surface area contributed by atoms with Crippen molar-refractivity contribution in [1.82, 2.24) is 4.90 Å². The van der Waals surface area contributed by atoms with Crippen molar-refractivity contribution in [3.05, 3.63) is 0 Å². The molecule has 0 unspecified atom stereocenters. The van der Waals surface area contributed by atoms with Crippen molar-refractivity contribution in [2.75, 3.05) is 39.5 Å². The Bertz CT molecular complexity index is 203. The summed E-state index contributed by atoms with van der Waals surface area (Å²) in [6.45, 7) is 7.00. The lowest BCUT2D eigenvalue weighted by Crippen LogP contribution is -2.37. The summed E-state index contributed by atoms with van der Waals surface area (Å²) in [4.78, 5) is 13.7. The number of unbranched alkanes of at least 4 members (excludes halogenated alkanes) is 3. The molecule has 0 aromatic heterocycles. The van der Waals surface area contributed by atoms with Crippen molar-refractivity contribution in [3.63, 3.8) is 0 Å². The number of ether oxygens (including phenoxy) is 2. The number of hydrogen-bond acceptors (Lipinski definition) is 4. The zero-order chi connectivity index (χ0) is 12.3. The molecular weight excluding hydrogens is 218 g/mol. The van der Waals surface area contributed by atoms with Gasteiger partial charge in [0.1, 0.15) is 0 Å². The van der Waals surface area contributed by atoms with Crippen LogP contribution in [0.1, 0.15) is 39.0 Å². The fraction of sp³-hybridized carbons (Fsp3) is 0.923. The van der Waals surface area contributed by atoms with Gasteiger partial charge in [-0.2, -0.15) is 0 Å². The minimum atomic E-state index is -0.0620. The first-order valence-corrected chi connectivity index (χ1v) is 6.78. The van der Waals surface area contributed by atoms with Crippen molar-refractivity contribution >= 4 is 5.97 Å². The van der Waals surface area contributed by atoms with Crippen LogP contribution >= 0.6 is 0 Å². The van der Waals surface area contributed by atoms with Gasteiger partial charge in [-0.05, 0) is 6.42 Å². The van der Waals surface area contributed by atoms with Crippen molar-refractivity contribution < 1.29 is 14.3 Å². The smallest absolute Gasteiger partial charge is 0.307 e. The number of rotatable bonds is 8. The highest BCUT2D eigenvalue weighted by atomic mass is 16.5. The van der Waals surface area contributed by atoms with E-state index in [1.54, 1.807) is 0 Å². The van der Waals surface area contributed by atoms with Crippen LogP contribution in [0.5, 0.6) is 0 Å². The molecule has 17 heavy (non-hydrogen) atoms. The normalized spacial score (nSPS) is 17.0. The lowest BCUT2D eigenvalue weighted by atomic mass is 10.2. The molecular formula is C13H25NO3. The molecule has 4 heteroatoms. The molecule has 0 bridgehead atoms. The molecule has 100 valence electrons. The highest BCUT2D eigenvalue weighted by Crippen LogP contribution is 2.01. The van der Waals surface area contributed by atoms with Gasteiger partial charge in [0.05, 0.1) is 26.2 Å². The fourth-order valence-electron chi connectivity index (χ4n) is 1.86. The average Bonchev–Trinajstić information content (AvgIpc) is 2.37. The minimum Gasteiger partial charge on any atom is -0.466 e. The molecule has 0 aromatic rings. The summed E-state index contributed by atoms with van der Waals surface area (Å²) >= 11 is 0. The van der Waals surface area contributed by atoms with E-state index in [2.05, 4.69) is 11.8 Å². The van der Waals surface area contributed by atoms with E-state index < -0.39 is 0 Å². The molecule has 0 amide bonds. The van der Waals surface area contributed by atoms with E-state index in [0.717, 1.165) is 45.7 Å². The molecule has 0 atom stereocenters. The molecule has 1 aliphatic rings. The molecule has 0 N–H and O–H groups in total. The van der Waals surface area contributed by atoms with E-state index in [1.807, 2.05) is 0 Å². The first-order chi connectivity index (χ1) is 8.33. The molecule has 0 spiro atoms. The Morgan fingerprint density at radius 3 is 2.71 bits per heavy atom. The molecule has 1 aliphatic heterocycles. The number of carbonyl (C=O) groups excluding carboxylic acids is 1. The zero-order valence-electron chi connectivity index (χ0n) is 11.0. The Morgan fingerprint density at radius 2 is 2.00 bits per heavy atom. The van der Waals surface area contributed by atoms with Gasteiger partial charge in [-0.3, -0.25) is 9.69 Å². The van der Waals surface area contributed by atoms with E-state index in [0.29, 0.717) is 13.0 Å². The topological polar surface area (TPSA) is 38.8 Å². The number of nitrogens with zero attached hydrogens (tertiary/aromatic N) is 1. The lowest BCUT2D eigenvalue weighted by molar-refractivity contribution is -0.144. The molecule has 0 radical (unpaired) electrons. The lowest BCUT2D eigenvalue weighted by Gasteiger charge is -2.25. The third-order valence-electron chi connectivity index (χ3n) is 3.00. The third kappa shape index (κ3) is 7.34. The molecule has 1 heterocycles. The Hall–Kier alpha value is -0.610. The minimum absolute atomic E-state index is 0.0620. The summed E-state index contributed by atoms with van der Waals surface area (Å²) in [6, 6.07) is 0. The zero-order valence-corrected chi connectivity index (χ0v) is 11.0. The van der Waals surface area contributed by atoms with Gasteiger partial charge in [-0.15, -0.1) is 0 Å². The standard InChI is InChI=1S/C13H25NO3/c1-2-3-4-5-10-17-13(15)6-7-14-8-11-16-12-9-14/h2-12H2,1H3. The first kappa shape index (κ1) is 14.5. The van der Waals surface area contributed by atoms with Crippen molar-refractivity contribution in [1.29, 1.82) is 0 Å². The summed E-state index contributed by atoms with van der Waals surface area (Å²) in [7, 11) is 0. The fourth-order valence-corrected chi connectivity index (χ4v) is 1.86. The van der Waals surface area contributed by atoms with Crippen LogP contribution in [0.4, 0.5) is 0 Å². The summed E-state index contributed by atoms with van der Waals surface area (Å²) in [5.41, 5.74) is 0. The molecule has 1 rings (SSSR count). The largest absolute Gasteiger partial charge is 0.466 e. The maximum absolute atomic E-state index is 11.4. The Kier molecular flexibility index (Phi) is 8.01. The maximum Gasteiger partial charge on any atom is 0.307 e. The predicted molar refractivity (Wildman–Crippen MR) is 67.0 cm³/mol. The van der Waals surface area contributed by atoms with E-state index >= 15 is 0 Å². The van der Waals surface area contributed by atoms with Crippen molar-refractivity contribution in [2.45, 2.75) is 39.0 Å². The number of hydrogen-bond donors (Lipinski definition) is 0. The van der Waals surface area contributed by atoms with Crippen molar-refractivity contribution in [3.8, 4) is 0 Å². The van der Waals surface area contributed by atoms with E-state index in [1.165, 1.54) is 12.8 Å². The number of esters is 1. The second-order valence-electron chi connectivity index (χ2n) is 4.49.